The van der Waals surface area contributed by atoms with Gasteiger partial charge in [0.05, 0.1) is 10.3 Å². The van der Waals surface area contributed by atoms with E-state index in [1.54, 1.807) is 24.3 Å². The summed E-state index contributed by atoms with van der Waals surface area (Å²) in [5.41, 5.74) is 0.655. The zero-order valence-corrected chi connectivity index (χ0v) is 7.58. The van der Waals surface area contributed by atoms with Crippen LogP contribution in [0, 0.1) is 0 Å². The number of allylic oxidation sites excluding steroid dienone is 1. The second kappa shape index (κ2) is 2.60. The summed E-state index contributed by atoms with van der Waals surface area (Å²) in [5.74, 6) is -0.0984. The van der Waals surface area contributed by atoms with E-state index in [0.717, 1.165) is 5.41 Å². The van der Waals surface area contributed by atoms with Crippen LogP contribution in [0.3, 0.4) is 0 Å². The first kappa shape index (κ1) is 8.31. The maximum absolute atomic E-state index is 11.4. The van der Waals surface area contributed by atoms with E-state index >= 15 is 0 Å². The van der Waals surface area contributed by atoms with E-state index in [0.29, 0.717) is 16.9 Å². The van der Waals surface area contributed by atoms with Crippen LogP contribution in [0.5, 0.6) is 0 Å². The van der Waals surface area contributed by atoms with Crippen molar-refractivity contribution in [3.05, 3.63) is 41.0 Å². The summed E-state index contributed by atoms with van der Waals surface area (Å²) in [6.07, 6.45) is 0.301. The molecule has 0 aliphatic carbocycles. The van der Waals surface area contributed by atoms with Gasteiger partial charge in [-0.25, -0.2) is 8.42 Å². The van der Waals surface area contributed by atoms with Crippen LogP contribution in [-0.4, -0.2) is 13.5 Å². The van der Waals surface area contributed by atoms with Crippen LogP contribution in [0.4, 0.5) is 0 Å². The maximum atomic E-state index is 11.4. The molecule has 1 aliphatic heterocycles. The lowest BCUT2D eigenvalue weighted by Crippen LogP contribution is -2.09. The maximum Gasteiger partial charge on any atom is 0.203 e. The molecule has 1 aromatic carbocycles. The molecule has 0 atom stereocenters. The second-order valence-corrected chi connectivity index (χ2v) is 4.70. The molecule has 0 radical (unpaired) electrons. The third-order valence-corrected chi connectivity index (χ3v) is 3.54. The molecule has 68 valence electrons. The van der Waals surface area contributed by atoms with Gasteiger partial charge >= 0.3 is 0 Å². The molecular weight excluding hydrogens is 188 g/mol. The van der Waals surface area contributed by atoms with Crippen LogP contribution in [-0.2, 0) is 16.3 Å². The first-order valence-corrected chi connectivity index (χ1v) is 5.37. The van der Waals surface area contributed by atoms with Gasteiger partial charge in [0.2, 0.25) is 9.84 Å². The lowest BCUT2D eigenvalue weighted by atomic mass is 10.1. The van der Waals surface area contributed by atoms with E-state index < -0.39 is 9.84 Å². The smallest absolute Gasteiger partial charge is 0.203 e. The van der Waals surface area contributed by atoms with Crippen molar-refractivity contribution < 1.29 is 13.5 Å². The van der Waals surface area contributed by atoms with E-state index in [-0.39, 0.29) is 5.76 Å². The highest BCUT2D eigenvalue weighted by molar-refractivity contribution is 7.94. The van der Waals surface area contributed by atoms with Gasteiger partial charge in [0.25, 0.3) is 0 Å². The normalized spacial score (nSPS) is 18.9. The molecule has 13 heavy (non-hydrogen) atoms. The Hall–Kier alpha value is -1.29. The summed E-state index contributed by atoms with van der Waals surface area (Å²) >= 11 is 0. The van der Waals surface area contributed by atoms with Crippen molar-refractivity contribution in [3.63, 3.8) is 0 Å². The number of hydrogen-bond acceptors (Lipinski definition) is 3. The average Bonchev–Trinajstić information content (AvgIpc) is 2.02. The summed E-state index contributed by atoms with van der Waals surface area (Å²) < 4.78 is 22.9. The molecule has 0 fully saturated rings. The van der Waals surface area contributed by atoms with Gasteiger partial charge < -0.3 is 5.11 Å². The Labute approximate surface area is 76.3 Å². The lowest BCUT2D eigenvalue weighted by Gasteiger charge is -2.12. The highest BCUT2D eigenvalue weighted by Gasteiger charge is 2.22. The minimum atomic E-state index is -3.40. The molecule has 4 heteroatoms. The van der Waals surface area contributed by atoms with Crippen LogP contribution in [0.1, 0.15) is 5.56 Å². The monoisotopic (exact) mass is 196 g/mol. The number of aliphatic hydroxyl groups is 1. The molecule has 1 N–H and O–H groups in total. The third kappa shape index (κ3) is 1.33. The van der Waals surface area contributed by atoms with Gasteiger partial charge in [0.1, 0.15) is 5.76 Å². The summed E-state index contributed by atoms with van der Waals surface area (Å²) in [5, 5.41) is 10.1. The molecule has 1 aromatic rings. The van der Waals surface area contributed by atoms with Gasteiger partial charge in [-0.1, -0.05) is 18.2 Å². The highest BCUT2D eigenvalue weighted by Crippen LogP contribution is 2.25. The quantitative estimate of drug-likeness (QED) is 0.682. The minimum absolute atomic E-state index is 0.0984. The van der Waals surface area contributed by atoms with Gasteiger partial charge in [-0.2, -0.15) is 0 Å². The number of benzene rings is 1. The lowest BCUT2D eigenvalue weighted by molar-refractivity contribution is 0.397. The first-order chi connectivity index (χ1) is 6.09. The second-order valence-electron chi connectivity index (χ2n) is 2.94. The van der Waals surface area contributed by atoms with Gasteiger partial charge in [-0.3, -0.25) is 0 Å². The minimum Gasteiger partial charge on any atom is -0.511 e. The molecule has 0 bridgehead atoms. The molecule has 1 aliphatic rings. The molecule has 1 heterocycles. The Morgan fingerprint density at radius 1 is 1.23 bits per heavy atom. The van der Waals surface area contributed by atoms with Gasteiger partial charge in [-0.15, -0.1) is 0 Å². The zero-order chi connectivity index (χ0) is 9.47. The molecule has 2 rings (SSSR count). The highest BCUT2D eigenvalue weighted by atomic mass is 32.2. The van der Waals surface area contributed by atoms with Crippen molar-refractivity contribution in [1.82, 2.24) is 0 Å². The van der Waals surface area contributed by atoms with Crippen LogP contribution in [0.25, 0.3) is 0 Å². The standard InChI is InChI=1S/C9H8O3S/c10-8-5-7-3-1-2-4-9(7)13(11,12)6-8/h1-4,6,10H,5H2. The number of aliphatic hydroxyl groups excluding tert-OH is 1. The molecule has 3 nitrogen and oxygen atoms in total. The molecule has 0 unspecified atom stereocenters. The summed E-state index contributed by atoms with van der Waals surface area (Å²) in [6, 6.07) is 6.68. The van der Waals surface area contributed by atoms with Crippen molar-refractivity contribution in [2.24, 2.45) is 0 Å². The predicted octanol–water partition coefficient (Wildman–Crippen LogP) is 1.42. The predicted molar refractivity (Wildman–Crippen MR) is 48.0 cm³/mol. The number of rotatable bonds is 0. The number of hydrogen-bond donors (Lipinski definition) is 1. The summed E-state index contributed by atoms with van der Waals surface area (Å²) in [6.45, 7) is 0. The van der Waals surface area contributed by atoms with E-state index in [4.69, 9.17) is 0 Å². The van der Waals surface area contributed by atoms with Crippen LogP contribution < -0.4 is 0 Å². The van der Waals surface area contributed by atoms with Crippen molar-refractivity contribution in [3.8, 4) is 0 Å². The van der Waals surface area contributed by atoms with Crippen LogP contribution >= 0.6 is 0 Å². The number of fused-ring (bicyclic) bond motifs is 1. The van der Waals surface area contributed by atoms with E-state index in [9.17, 15) is 13.5 Å². The van der Waals surface area contributed by atoms with Gasteiger partial charge in [0, 0.05) is 6.42 Å². The van der Waals surface area contributed by atoms with Crippen LogP contribution in [0.2, 0.25) is 0 Å². The van der Waals surface area contributed by atoms with Gasteiger partial charge in [0.15, 0.2) is 0 Å². The van der Waals surface area contributed by atoms with Gasteiger partial charge in [-0.05, 0) is 11.6 Å². The van der Waals surface area contributed by atoms with E-state index in [1.165, 1.54) is 0 Å². The molecule has 0 aromatic heterocycles. The Morgan fingerprint density at radius 2 is 1.92 bits per heavy atom. The van der Waals surface area contributed by atoms with Crippen molar-refractivity contribution >= 4 is 9.84 Å². The molecule has 0 saturated carbocycles. The topological polar surface area (TPSA) is 54.4 Å². The molecular formula is C9H8O3S. The average molecular weight is 196 g/mol. The van der Waals surface area contributed by atoms with Crippen molar-refractivity contribution in [2.45, 2.75) is 11.3 Å². The Kier molecular flexibility index (Phi) is 1.66. The van der Waals surface area contributed by atoms with Crippen LogP contribution in [0.15, 0.2) is 40.3 Å². The SMILES string of the molecule is O=S1(=O)C=C(O)Cc2ccccc21. The van der Waals surface area contributed by atoms with E-state index in [2.05, 4.69) is 0 Å². The Morgan fingerprint density at radius 3 is 2.69 bits per heavy atom. The fourth-order valence-electron chi connectivity index (χ4n) is 1.41. The summed E-state index contributed by atoms with van der Waals surface area (Å²) in [7, 11) is -3.40. The fourth-order valence-corrected chi connectivity index (χ4v) is 2.75. The largest absolute Gasteiger partial charge is 0.511 e. The molecule has 0 amide bonds. The molecule has 0 saturated heterocycles. The fraction of sp³-hybridized carbons (Fsp3) is 0.111. The van der Waals surface area contributed by atoms with Crippen molar-refractivity contribution in [2.75, 3.05) is 0 Å². The molecule has 0 spiro atoms. The summed E-state index contributed by atoms with van der Waals surface area (Å²) in [4.78, 5) is 0.299. The number of sulfone groups is 1. The Bertz CT molecular complexity index is 471. The van der Waals surface area contributed by atoms with Crippen molar-refractivity contribution in [1.29, 1.82) is 0 Å². The first-order valence-electron chi connectivity index (χ1n) is 3.82. The third-order valence-electron chi connectivity index (χ3n) is 1.94. The zero-order valence-electron chi connectivity index (χ0n) is 6.77. The van der Waals surface area contributed by atoms with E-state index in [1.807, 2.05) is 0 Å². The Balaban J connectivity index is 2.73.